The van der Waals surface area contributed by atoms with E-state index in [9.17, 15) is 0 Å². The van der Waals surface area contributed by atoms with Crippen molar-refractivity contribution in [3.8, 4) is 0 Å². The van der Waals surface area contributed by atoms with E-state index in [4.69, 9.17) is 11.2 Å². The molecule has 1 aromatic rings. The van der Waals surface area contributed by atoms with Gasteiger partial charge >= 0.3 is 214 Å². The first-order chi connectivity index (χ1) is 16.1. The van der Waals surface area contributed by atoms with Gasteiger partial charge in [0.15, 0.2) is 0 Å². The van der Waals surface area contributed by atoms with Crippen molar-refractivity contribution in [3.05, 3.63) is 35.9 Å². The molecule has 0 aromatic heterocycles. The van der Waals surface area contributed by atoms with Gasteiger partial charge in [0.25, 0.3) is 0 Å². The van der Waals surface area contributed by atoms with Gasteiger partial charge in [0.05, 0.1) is 0 Å². The van der Waals surface area contributed by atoms with Crippen molar-refractivity contribution in [1.29, 1.82) is 0 Å². The minimum atomic E-state index is -2.27. The molecule has 0 unspecified atom stereocenters. The van der Waals surface area contributed by atoms with Gasteiger partial charge < -0.3 is 0 Å². The van der Waals surface area contributed by atoms with E-state index in [1.54, 1.807) is 0 Å². The summed E-state index contributed by atoms with van der Waals surface area (Å²) in [5, 5.41) is 0. The summed E-state index contributed by atoms with van der Waals surface area (Å²) in [5.74, 6) is -2.27. The van der Waals surface area contributed by atoms with Crippen LogP contribution in [0.1, 0.15) is 142 Å². The SMILES string of the molecule is CCCCCCCCP(Cl)(CCCCCCCC)(CCCCCCCC)Cc1ccccc1. The topological polar surface area (TPSA) is 0 Å². The van der Waals surface area contributed by atoms with Crippen molar-refractivity contribution >= 4 is 17.2 Å². The maximum atomic E-state index is 8.08. The molecule has 0 aliphatic rings. The van der Waals surface area contributed by atoms with E-state index in [-0.39, 0.29) is 0 Å². The van der Waals surface area contributed by atoms with Gasteiger partial charge in [-0.2, -0.15) is 0 Å². The Bertz CT molecular complexity index is 512. The van der Waals surface area contributed by atoms with Crippen LogP contribution in [-0.4, -0.2) is 18.5 Å². The molecule has 33 heavy (non-hydrogen) atoms. The van der Waals surface area contributed by atoms with Crippen molar-refractivity contribution in [1.82, 2.24) is 0 Å². The molecule has 194 valence electrons. The van der Waals surface area contributed by atoms with Crippen LogP contribution in [0.5, 0.6) is 0 Å². The van der Waals surface area contributed by atoms with Crippen LogP contribution in [0.25, 0.3) is 0 Å². The Kier molecular flexibility index (Phi) is 18.0. The monoisotopic (exact) mass is 496 g/mol. The van der Waals surface area contributed by atoms with Gasteiger partial charge in [0, 0.05) is 0 Å². The van der Waals surface area contributed by atoms with Crippen LogP contribution in [0.4, 0.5) is 0 Å². The standard InChI is InChI=1S/C31H58ClP/c1-4-7-10-13-16-22-27-33(32,28-23-17-14-11-8-5-2,29-24-18-15-12-9-6-3)30-31-25-20-19-21-26-31/h19-21,25-26H,4-18,22-24,27-30H2,1-3H3. The number of rotatable bonds is 23. The average Bonchev–Trinajstić information content (AvgIpc) is 2.82. The second-order valence-corrected chi connectivity index (χ2v) is 19.1. The number of unbranched alkanes of at least 4 members (excludes halogenated alkanes) is 15. The predicted octanol–water partition coefficient (Wildman–Crippen LogP) is 12.0. The Balaban J connectivity index is 2.84. The van der Waals surface area contributed by atoms with Crippen LogP contribution < -0.4 is 0 Å². The van der Waals surface area contributed by atoms with Gasteiger partial charge in [-0.15, -0.1) is 0 Å². The van der Waals surface area contributed by atoms with E-state index < -0.39 is 5.96 Å². The van der Waals surface area contributed by atoms with E-state index in [1.165, 1.54) is 146 Å². The Morgan fingerprint density at radius 2 is 0.818 bits per heavy atom. The van der Waals surface area contributed by atoms with Crippen LogP contribution in [0.15, 0.2) is 30.3 Å². The zero-order valence-electron chi connectivity index (χ0n) is 22.8. The zero-order valence-corrected chi connectivity index (χ0v) is 24.4. The first-order valence-electron chi connectivity index (χ1n) is 14.8. The third kappa shape index (κ3) is 14.8. The van der Waals surface area contributed by atoms with Crippen LogP contribution in [0.3, 0.4) is 0 Å². The van der Waals surface area contributed by atoms with Crippen molar-refractivity contribution < 1.29 is 0 Å². The van der Waals surface area contributed by atoms with E-state index >= 15 is 0 Å². The number of hydrogen-bond acceptors (Lipinski definition) is 0. The summed E-state index contributed by atoms with van der Waals surface area (Å²) in [5.41, 5.74) is 1.49. The molecule has 1 aromatic carbocycles. The van der Waals surface area contributed by atoms with Gasteiger partial charge in [-0.05, 0) is 0 Å². The Morgan fingerprint density at radius 3 is 1.18 bits per heavy atom. The summed E-state index contributed by atoms with van der Waals surface area (Å²) < 4.78 is 0. The van der Waals surface area contributed by atoms with E-state index in [0.717, 1.165) is 0 Å². The summed E-state index contributed by atoms with van der Waals surface area (Å²) in [6.45, 7) is 6.94. The van der Waals surface area contributed by atoms with E-state index in [0.29, 0.717) is 0 Å². The van der Waals surface area contributed by atoms with Gasteiger partial charge in [0.1, 0.15) is 0 Å². The molecule has 0 bridgehead atoms. The quantitative estimate of drug-likeness (QED) is 0.104. The predicted molar refractivity (Wildman–Crippen MR) is 158 cm³/mol. The molecule has 2 heteroatoms. The zero-order chi connectivity index (χ0) is 24.1. The fourth-order valence-electron chi connectivity index (χ4n) is 5.47. The Morgan fingerprint density at radius 1 is 0.485 bits per heavy atom. The Hall–Kier alpha value is -0.0600. The molecule has 0 saturated heterocycles. The first-order valence-corrected chi connectivity index (χ1v) is 18.7. The van der Waals surface area contributed by atoms with Crippen LogP contribution in [0, 0.1) is 0 Å². The molecule has 0 N–H and O–H groups in total. The van der Waals surface area contributed by atoms with Crippen LogP contribution >= 0.6 is 17.2 Å². The van der Waals surface area contributed by atoms with E-state index in [1.807, 2.05) is 0 Å². The second-order valence-electron chi connectivity index (χ2n) is 10.9. The first kappa shape index (κ1) is 31.0. The molecule has 0 radical (unpaired) electrons. The van der Waals surface area contributed by atoms with Crippen molar-refractivity contribution in [2.24, 2.45) is 0 Å². The molecular weight excluding hydrogens is 439 g/mol. The van der Waals surface area contributed by atoms with Gasteiger partial charge in [-0.25, -0.2) is 0 Å². The summed E-state index contributed by atoms with van der Waals surface area (Å²) in [7, 11) is 0. The second kappa shape index (κ2) is 19.2. The van der Waals surface area contributed by atoms with Gasteiger partial charge in [-0.1, -0.05) is 0 Å². The summed E-state index contributed by atoms with van der Waals surface area (Å²) in [4.78, 5) is 0. The minimum absolute atomic E-state index is 1.17. The average molecular weight is 497 g/mol. The third-order valence-electron chi connectivity index (χ3n) is 7.63. The number of benzene rings is 1. The van der Waals surface area contributed by atoms with Crippen molar-refractivity contribution in [2.45, 2.75) is 143 Å². The van der Waals surface area contributed by atoms with Gasteiger partial charge in [0.2, 0.25) is 0 Å². The fraction of sp³-hybridized carbons (Fsp3) is 0.806. The molecule has 0 spiro atoms. The summed E-state index contributed by atoms with van der Waals surface area (Å²) >= 11 is 8.08. The molecular formula is C31H58ClP. The molecule has 0 aliphatic heterocycles. The van der Waals surface area contributed by atoms with Crippen molar-refractivity contribution in [2.75, 3.05) is 18.5 Å². The summed E-state index contributed by atoms with van der Waals surface area (Å²) in [6, 6.07) is 11.3. The number of hydrogen-bond donors (Lipinski definition) is 0. The van der Waals surface area contributed by atoms with E-state index in [2.05, 4.69) is 51.1 Å². The molecule has 1 rings (SSSR count). The van der Waals surface area contributed by atoms with Crippen LogP contribution in [-0.2, 0) is 6.16 Å². The molecule has 0 nitrogen and oxygen atoms in total. The fourth-order valence-corrected chi connectivity index (χ4v) is 12.3. The molecule has 0 heterocycles. The van der Waals surface area contributed by atoms with Crippen LogP contribution in [0.2, 0.25) is 0 Å². The van der Waals surface area contributed by atoms with Crippen molar-refractivity contribution in [3.63, 3.8) is 0 Å². The molecule has 0 amide bonds. The molecule has 0 aliphatic carbocycles. The molecule has 0 atom stereocenters. The summed E-state index contributed by atoms with van der Waals surface area (Å²) in [6.07, 6.45) is 29.9. The van der Waals surface area contributed by atoms with Gasteiger partial charge in [-0.3, -0.25) is 0 Å². The number of halogens is 1. The Labute approximate surface area is 213 Å². The molecule has 0 fully saturated rings. The third-order valence-corrected chi connectivity index (χ3v) is 15.0. The normalized spacial score (nSPS) is 13.2. The molecule has 0 saturated carbocycles. The maximum absolute atomic E-state index is 8.08.